The lowest BCUT2D eigenvalue weighted by molar-refractivity contribution is -0.134. The Balaban J connectivity index is 0.00000144. The van der Waals surface area contributed by atoms with Crippen LogP contribution in [0.5, 0.6) is 0 Å². The third-order valence-electron chi connectivity index (χ3n) is 5.05. The fourth-order valence-corrected chi connectivity index (χ4v) is 3.75. The van der Waals surface area contributed by atoms with Gasteiger partial charge < -0.3 is 15.5 Å². The average molecular weight is 374 g/mol. The molecular formula is C18H29Cl2N3O. The Bertz CT molecular complexity index is 486. The summed E-state index contributed by atoms with van der Waals surface area (Å²) in [5, 5.41) is 0. The van der Waals surface area contributed by atoms with Gasteiger partial charge in [0.2, 0.25) is 5.91 Å². The zero-order valence-corrected chi connectivity index (χ0v) is 15.7. The highest BCUT2D eigenvalue weighted by Crippen LogP contribution is 2.21. The molecule has 0 bridgehead atoms. The fourth-order valence-electron chi connectivity index (χ4n) is 3.75. The van der Waals surface area contributed by atoms with Crippen molar-refractivity contribution in [1.29, 1.82) is 0 Å². The van der Waals surface area contributed by atoms with Gasteiger partial charge in [-0.1, -0.05) is 30.3 Å². The molecule has 0 aliphatic carbocycles. The number of hydrogen-bond donors (Lipinski definition) is 1. The number of amides is 1. The second kappa shape index (κ2) is 10.2. The van der Waals surface area contributed by atoms with Crippen molar-refractivity contribution < 1.29 is 4.79 Å². The van der Waals surface area contributed by atoms with Gasteiger partial charge in [-0.3, -0.25) is 4.79 Å². The number of piperidine rings is 1. The molecule has 3 rings (SSSR count). The number of rotatable bonds is 4. The monoisotopic (exact) mass is 373 g/mol. The summed E-state index contributed by atoms with van der Waals surface area (Å²) < 4.78 is 0. The molecule has 1 aromatic carbocycles. The summed E-state index contributed by atoms with van der Waals surface area (Å²) in [4.78, 5) is 17.1. The predicted molar refractivity (Wildman–Crippen MR) is 103 cm³/mol. The van der Waals surface area contributed by atoms with E-state index in [-0.39, 0.29) is 30.7 Å². The van der Waals surface area contributed by atoms with Gasteiger partial charge in [0.15, 0.2) is 0 Å². The summed E-state index contributed by atoms with van der Waals surface area (Å²) in [6.07, 6.45) is 5.50. The second-order valence-electron chi connectivity index (χ2n) is 6.60. The summed E-state index contributed by atoms with van der Waals surface area (Å²) in [6.45, 7) is 4.21. The van der Waals surface area contributed by atoms with E-state index in [4.69, 9.17) is 5.73 Å². The van der Waals surface area contributed by atoms with Crippen molar-refractivity contribution in [3.8, 4) is 0 Å². The first-order valence-corrected chi connectivity index (χ1v) is 8.56. The molecule has 2 fully saturated rings. The minimum atomic E-state index is -0.411. The third-order valence-corrected chi connectivity index (χ3v) is 5.05. The molecule has 2 aliphatic rings. The number of halogens is 2. The van der Waals surface area contributed by atoms with Crippen molar-refractivity contribution in [2.45, 2.75) is 44.2 Å². The van der Waals surface area contributed by atoms with Gasteiger partial charge in [-0.2, -0.15) is 0 Å². The van der Waals surface area contributed by atoms with E-state index < -0.39 is 6.04 Å². The normalized spacial score (nSPS) is 20.1. The van der Waals surface area contributed by atoms with E-state index in [2.05, 4.69) is 4.90 Å². The third kappa shape index (κ3) is 5.35. The van der Waals surface area contributed by atoms with Gasteiger partial charge in [-0.05, 0) is 50.8 Å². The van der Waals surface area contributed by atoms with Crippen LogP contribution in [0.3, 0.4) is 0 Å². The Morgan fingerprint density at radius 1 is 1.04 bits per heavy atom. The number of carbonyl (C=O) groups excluding carboxylic acids is 1. The van der Waals surface area contributed by atoms with Crippen LogP contribution in [0.4, 0.5) is 0 Å². The van der Waals surface area contributed by atoms with E-state index in [1.54, 1.807) is 0 Å². The summed E-state index contributed by atoms with van der Waals surface area (Å²) in [5.74, 6) is 0.115. The van der Waals surface area contributed by atoms with Crippen molar-refractivity contribution in [2.75, 3.05) is 26.2 Å². The van der Waals surface area contributed by atoms with Crippen LogP contribution in [0.2, 0.25) is 0 Å². The van der Waals surface area contributed by atoms with Crippen molar-refractivity contribution in [1.82, 2.24) is 9.80 Å². The number of likely N-dealkylation sites (tertiary alicyclic amines) is 2. The van der Waals surface area contributed by atoms with E-state index in [0.29, 0.717) is 12.5 Å². The maximum atomic E-state index is 12.5. The van der Waals surface area contributed by atoms with Gasteiger partial charge in [0.05, 0.1) is 6.04 Å². The molecule has 2 aliphatic heterocycles. The first-order valence-electron chi connectivity index (χ1n) is 8.56. The van der Waals surface area contributed by atoms with E-state index >= 15 is 0 Å². The topological polar surface area (TPSA) is 49.6 Å². The van der Waals surface area contributed by atoms with Crippen LogP contribution >= 0.6 is 24.8 Å². The molecule has 6 heteroatoms. The maximum absolute atomic E-state index is 12.5. The lowest BCUT2D eigenvalue weighted by Gasteiger charge is -2.37. The highest BCUT2D eigenvalue weighted by molar-refractivity contribution is 5.85. The largest absolute Gasteiger partial charge is 0.341 e. The van der Waals surface area contributed by atoms with Crippen LogP contribution in [0.25, 0.3) is 0 Å². The van der Waals surface area contributed by atoms with E-state index in [9.17, 15) is 4.79 Å². The van der Waals surface area contributed by atoms with Crippen LogP contribution in [0.15, 0.2) is 30.3 Å². The summed E-state index contributed by atoms with van der Waals surface area (Å²) in [5.41, 5.74) is 7.27. The second-order valence-corrected chi connectivity index (χ2v) is 6.60. The number of nitrogens with two attached hydrogens (primary N) is 1. The molecule has 0 aromatic heterocycles. The number of carbonyl (C=O) groups is 1. The van der Waals surface area contributed by atoms with Crippen molar-refractivity contribution in [2.24, 2.45) is 5.73 Å². The lowest BCUT2D eigenvalue weighted by Crippen LogP contribution is -2.51. The SMILES string of the molecule is Cl.Cl.NC(Cc1ccccc1)C(=O)N1CCC(N2CCCC2)CC1. The minimum Gasteiger partial charge on any atom is -0.341 e. The Morgan fingerprint density at radius 2 is 1.62 bits per heavy atom. The molecule has 1 amide bonds. The van der Waals surface area contributed by atoms with Gasteiger partial charge in [0, 0.05) is 19.1 Å². The molecule has 24 heavy (non-hydrogen) atoms. The van der Waals surface area contributed by atoms with Crippen LogP contribution < -0.4 is 5.73 Å². The molecule has 136 valence electrons. The summed E-state index contributed by atoms with van der Waals surface area (Å²) in [6, 6.07) is 10.3. The first kappa shape index (κ1) is 21.2. The highest BCUT2D eigenvalue weighted by atomic mass is 35.5. The van der Waals surface area contributed by atoms with E-state index in [1.807, 2.05) is 35.2 Å². The summed E-state index contributed by atoms with van der Waals surface area (Å²) >= 11 is 0. The number of nitrogens with zero attached hydrogens (tertiary/aromatic N) is 2. The number of benzene rings is 1. The van der Waals surface area contributed by atoms with Gasteiger partial charge in [-0.25, -0.2) is 0 Å². The van der Waals surface area contributed by atoms with Crippen molar-refractivity contribution in [3.63, 3.8) is 0 Å². The molecule has 1 atom stereocenters. The van der Waals surface area contributed by atoms with E-state index in [1.165, 1.54) is 25.9 Å². The molecule has 1 aromatic rings. The maximum Gasteiger partial charge on any atom is 0.239 e. The van der Waals surface area contributed by atoms with E-state index in [0.717, 1.165) is 31.5 Å². The van der Waals surface area contributed by atoms with Gasteiger partial charge >= 0.3 is 0 Å². The molecule has 4 nitrogen and oxygen atoms in total. The predicted octanol–water partition coefficient (Wildman–Crippen LogP) is 2.49. The first-order chi connectivity index (χ1) is 10.7. The minimum absolute atomic E-state index is 0. The zero-order chi connectivity index (χ0) is 15.4. The Morgan fingerprint density at radius 3 is 2.21 bits per heavy atom. The Labute approximate surface area is 157 Å². The smallest absolute Gasteiger partial charge is 0.239 e. The van der Waals surface area contributed by atoms with Gasteiger partial charge in [-0.15, -0.1) is 24.8 Å². The van der Waals surface area contributed by atoms with Crippen molar-refractivity contribution in [3.05, 3.63) is 35.9 Å². The Kier molecular flexibility index (Phi) is 9.06. The van der Waals surface area contributed by atoms with Crippen LogP contribution in [-0.2, 0) is 11.2 Å². The lowest BCUT2D eigenvalue weighted by atomic mass is 10.0. The van der Waals surface area contributed by atoms with Gasteiger partial charge in [0.1, 0.15) is 0 Å². The number of hydrogen-bond acceptors (Lipinski definition) is 3. The van der Waals surface area contributed by atoms with Gasteiger partial charge in [0.25, 0.3) is 0 Å². The van der Waals surface area contributed by atoms with Crippen LogP contribution in [-0.4, -0.2) is 54.0 Å². The zero-order valence-electron chi connectivity index (χ0n) is 14.1. The molecule has 2 saturated heterocycles. The molecule has 2 heterocycles. The highest BCUT2D eigenvalue weighted by Gasteiger charge is 2.30. The Hall–Kier alpha value is -0.810. The fraction of sp³-hybridized carbons (Fsp3) is 0.611. The molecule has 2 N–H and O–H groups in total. The molecule has 0 saturated carbocycles. The van der Waals surface area contributed by atoms with Crippen LogP contribution in [0, 0.1) is 0 Å². The molecule has 0 radical (unpaired) electrons. The quantitative estimate of drug-likeness (QED) is 0.881. The molecule has 1 unspecified atom stereocenters. The van der Waals surface area contributed by atoms with Crippen LogP contribution in [0.1, 0.15) is 31.2 Å². The summed E-state index contributed by atoms with van der Waals surface area (Å²) in [7, 11) is 0. The molecular weight excluding hydrogens is 345 g/mol. The standard InChI is InChI=1S/C18H27N3O.2ClH/c19-17(14-15-6-2-1-3-7-15)18(22)21-12-8-16(9-13-21)20-10-4-5-11-20;;/h1-3,6-7,16-17H,4-5,8-14,19H2;2*1H. The average Bonchev–Trinajstić information content (AvgIpc) is 3.10. The van der Waals surface area contributed by atoms with Crippen molar-refractivity contribution >= 4 is 30.7 Å². The molecule has 0 spiro atoms.